The Balaban J connectivity index is 0. The van der Waals surface area contributed by atoms with Crippen molar-refractivity contribution >= 4 is 51.4 Å². The van der Waals surface area contributed by atoms with Crippen LogP contribution in [0.1, 0.15) is 45.4 Å². The van der Waals surface area contributed by atoms with Crippen LogP contribution in [0.3, 0.4) is 0 Å². The van der Waals surface area contributed by atoms with Gasteiger partial charge >= 0.3 is 0 Å². The van der Waals surface area contributed by atoms with Gasteiger partial charge in [0.2, 0.25) is 0 Å². The van der Waals surface area contributed by atoms with Crippen LogP contribution in [0.5, 0.6) is 0 Å². The second kappa shape index (κ2) is 13.0. The van der Waals surface area contributed by atoms with Gasteiger partial charge in [0.1, 0.15) is 0 Å². The molecule has 0 aliphatic heterocycles. The van der Waals surface area contributed by atoms with Gasteiger partial charge in [-0.05, 0) is 12.8 Å². The van der Waals surface area contributed by atoms with E-state index < -0.39 is 0 Å². The zero-order chi connectivity index (χ0) is 6.95. The van der Waals surface area contributed by atoms with Crippen molar-refractivity contribution in [2.75, 3.05) is 0 Å². The Kier molecular flexibility index (Phi) is 18.1. The van der Waals surface area contributed by atoms with E-state index in [4.69, 9.17) is 0 Å². The van der Waals surface area contributed by atoms with Gasteiger partial charge in [-0.2, -0.15) is 0 Å². The van der Waals surface area contributed by atoms with Gasteiger partial charge in [-0.25, -0.2) is 0 Å². The van der Waals surface area contributed by atoms with Gasteiger partial charge in [0.15, 0.2) is 0 Å². The second-order valence-corrected chi connectivity index (χ2v) is 2.49. The molecule has 0 nitrogen and oxygen atoms in total. The Morgan fingerprint density at radius 3 is 2.20 bits per heavy atom. The van der Waals surface area contributed by atoms with Crippen LogP contribution in [-0.4, -0.2) is 51.4 Å². The third kappa shape index (κ3) is 12.1. The van der Waals surface area contributed by atoms with Crippen molar-refractivity contribution in [3.8, 4) is 0 Å². The van der Waals surface area contributed by atoms with Crippen LogP contribution in [0, 0.1) is 0 Å². The molecule has 0 aromatic carbocycles. The maximum atomic E-state index is 3.68. The van der Waals surface area contributed by atoms with Crippen LogP contribution in [0.15, 0.2) is 12.7 Å². The van der Waals surface area contributed by atoms with E-state index in [2.05, 4.69) is 13.5 Å². The van der Waals surface area contributed by atoms with Gasteiger partial charge in [0, 0.05) is 51.4 Å². The van der Waals surface area contributed by atoms with Crippen molar-refractivity contribution in [3.63, 3.8) is 0 Å². The molecule has 0 aromatic rings. The van der Waals surface area contributed by atoms with E-state index in [0.717, 1.165) is 0 Å². The maximum absolute atomic E-state index is 3.68. The zero-order valence-corrected chi connectivity index (χ0v) is 10.7. The first kappa shape index (κ1) is 13.9. The average Bonchev–Trinajstić information content (AvgIpc) is 1.89. The summed E-state index contributed by atoms with van der Waals surface area (Å²) >= 11 is 0. The Hall–Kier alpha value is 1.38. The molecule has 0 saturated carbocycles. The summed E-state index contributed by atoms with van der Waals surface area (Å²) in [6, 6.07) is 0. The van der Waals surface area contributed by atoms with E-state index in [1.807, 2.05) is 6.08 Å². The third-order valence-corrected chi connectivity index (χ3v) is 1.51. The molecule has 0 aliphatic carbocycles. The molecule has 0 aliphatic rings. The van der Waals surface area contributed by atoms with Gasteiger partial charge in [0.25, 0.3) is 0 Å². The van der Waals surface area contributed by atoms with E-state index in [-0.39, 0.29) is 51.4 Å². The molecule has 0 spiro atoms. The summed E-state index contributed by atoms with van der Waals surface area (Å²) in [6.07, 6.45) is 10.1. The number of hydrogen-bond acceptors (Lipinski definition) is 0. The van der Waals surface area contributed by atoms with Gasteiger partial charge in [-0.3, -0.25) is 0 Å². The topological polar surface area (TPSA) is 0 Å². The number of hydrogen-bond donors (Lipinski definition) is 0. The average molecular weight is 165 g/mol. The predicted molar refractivity (Wildman–Crippen MR) is 49.3 cm³/mol. The minimum absolute atomic E-state index is 0. The summed E-state index contributed by atoms with van der Waals surface area (Å²) in [5.41, 5.74) is 0. The second-order valence-electron chi connectivity index (χ2n) is 2.49. The summed E-state index contributed by atoms with van der Waals surface area (Å²) in [7, 11) is 0. The van der Waals surface area contributed by atoms with E-state index in [0.29, 0.717) is 0 Å². The fourth-order valence-corrected chi connectivity index (χ4v) is 0.892. The summed E-state index contributed by atoms with van der Waals surface area (Å²) in [6.45, 7) is 5.92. The molecule has 0 fully saturated rings. The van der Waals surface area contributed by atoms with Gasteiger partial charge < -0.3 is 0 Å². The van der Waals surface area contributed by atoms with E-state index in [9.17, 15) is 0 Å². The van der Waals surface area contributed by atoms with Crippen molar-refractivity contribution in [3.05, 3.63) is 12.7 Å². The quantitative estimate of drug-likeness (QED) is 0.322. The largest absolute Gasteiger partial charge is 0.103 e. The molecule has 1 radical (unpaired) electrons. The normalized spacial score (nSPS) is 8.50. The molecule has 0 unspecified atom stereocenters. The SMILES string of the molecule is C=CCCCCCCC.[K]. The molecule has 0 N–H and O–H groups in total. The first-order valence-electron chi connectivity index (χ1n) is 4.02. The Bertz CT molecular complexity index is 59.7. The monoisotopic (exact) mass is 165 g/mol. The predicted octanol–water partition coefficient (Wildman–Crippen LogP) is 3.15. The first-order chi connectivity index (χ1) is 4.41. The smallest absolute Gasteiger partial charge is 0 e. The van der Waals surface area contributed by atoms with Crippen LogP contribution >= 0.6 is 0 Å². The molecule has 0 rings (SSSR count). The summed E-state index contributed by atoms with van der Waals surface area (Å²) in [5.74, 6) is 0. The van der Waals surface area contributed by atoms with Gasteiger partial charge in [-0.15, -0.1) is 6.58 Å². The maximum Gasteiger partial charge on any atom is 0 e. The molecular weight excluding hydrogens is 147 g/mol. The number of unbranched alkanes of at least 4 members (excludes halogenated alkanes) is 5. The van der Waals surface area contributed by atoms with Crippen LogP contribution in [0.4, 0.5) is 0 Å². The van der Waals surface area contributed by atoms with E-state index in [1.54, 1.807) is 0 Å². The molecule has 0 amide bonds. The molecule has 0 saturated heterocycles. The standard InChI is InChI=1S/C9H18.K/c1-3-5-7-9-8-6-4-2;/h3H,1,4-9H2,2H3;. The van der Waals surface area contributed by atoms with Crippen LogP contribution in [0.2, 0.25) is 0 Å². The van der Waals surface area contributed by atoms with Crippen molar-refractivity contribution in [1.29, 1.82) is 0 Å². The third-order valence-electron chi connectivity index (χ3n) is 1.51. The minimum Gasteiger partial charge on any atom is -0.103 e. The Morgan fingerprint density at radius 2 is 1.70 bits per heavy atom. The van der Waals surface area contributed by atoms with Crippen molar-refractivity contribution in [2.45, 2.75) is 45.4 Å². The van der Waals surface area contributed by atoms with E-state index in [1.165, 1.54) is 38.5 Å². The van der Waals surface area contributed by atoms with Crippen LogP contribution in [-0.2, 0) is 0 Å². The van der Waals surface area contributed by atoms with Gasteiger partial charge in [0.05, 0.1) is 0 Å². The molecular formula is C9H18K. The van der Waals surface area contributed by atoms with Crippen molar-refractivity contribution in [1.82, 2.24) is 0 Å². The molecule has 10 heavy (non-hydrogen) atoms. The number of rotatable bonds is 6. The molecule has 0 aromatic heterocycles. The Morgan fingerprint density at radius 1 is 1.10 bits per heavy atom. The fourth-order valence-electron chi connectivity index (χ4n) is 0.892. The molecule has 55 valence electrons. The molecule has 0 bridgehead atoms. The summed E-state index contributed by atoms with van der Waals surface area (Å²) < 4.78 is 0. The first-order valence-corrected chi connectivity index (χ1v) is 4.02. The Labute approximate surface area is 108 Å². The van der Waals surface area contributed by atoms with Crippen LogP contribution in [0.25, 0.3) is 0 Å². The van der Waals surface area contributed by atoms with E-state index >= 15 is 0 Å². The fraction of sp³-hybridized carbons (Fsp3) is 0.778. The number of allylic oxidation sites excluding steroid dienone is 1. The molecule has 0 atom stereocenters. The zero-order valence-electron chi connectivity index (χ0n) is 7.53. The summed E-state index contributed by atoms with van der Waals surface area (Å²) in [4.78, 5) is 0. The van der Waals surface area contributed by atoms with Crippen LogP contribution < -0.4 is 0 Å². The minimum atomic E-state index is 0. The van der Waals surface area contributed by atoms with Gasteiger partial charge in [-0.1, -0.05) is 38.7 Å². The molecule has 1 heteroatoms. The van der Waals surface area contributed by atoms with Crippen molar-refractivity contribution < 1.29 is 0 Å². The molecule has 0 heterocycles. The van der Waals surface area contributed by atoms with Crippen molar-refractivity contribution in [2.24, 2.45) is 0 Å². The summed E-state index contributed by atoms with van der Waals surface area (Å²) in [5, 5.41) is 0.